The van der Waals surface area contributed by atoms with E-state index in [9.17, 15) is 0 Å². The van der Waals surface area contributed by atoms with Crippen molar-refractivity contribution in [2.45, 2.75) is 38.6 Å². The van der Waals surface area contributed by atoms with Gasteiger partial charge in [0.1, 0.15) is 17.1 Å². The SMILES string of the molecule is CCCOc1cccc2c1nc(CCl)n2CC1CC1. The molecule has 0 amide bonds. The van der Waals surface area contributed by atoms with Crippen LogP contribution in [0.25, 0.3) is 11.0 Å². The van der Waals surface area contributed by atoms with Gasteiger partial charge in [-0.2, -0.15) is 0 Å². The molecule has 1 aromatic carbocycles. The summed E-state index contributed by atoms with van der Waals surface area (Å²) in [7, 11) is 0. The van der Waals surface area contributed by atoms with Crippen molar-refractivity contribution >= 4 is 22.6 Å². The molecule has 0 aliphatic heterocycles. The van der Waals surface area contributed by atoms with Crippen LogP contribution in [0.5, 0.6) is 5.75 Å². The Morgan fingerprint density at radius 3 is 2.95 bits per heavy atom. The topological polar surface area (TPSA) is 27.1 Å². The maximum absolute atomic E-state index is 6.04. The number of ether oxygens (including phenoxy) is 1. The first kappa shape index (κ1) is 12.8. The molecule has 1 aromatic heterocycles. The highest BCUT2D eigenvalue weighted by Crippen LogP contribution is 2.34. The van der Waals surface area contributed by atoms with Gasteiger partial charge in [-0.15, -0.1) is 11.6 Å². The number of hydrogen-bond acceptors (Lipinski definition) is 2. The Morgan fingerprint density at radius 1 is 1.42 bits per heavy atom. The molecule has 1 fully saturated rings. The van der Waals surface area contributed by atoms with Crippen LogP contribution in [0, 0.1) is 5.92 Å². The highest BCUT2D eigenvalue weighted by molar-refractivity contribution is 6.16. The number of hydrogen-bond donors (Lipinski definition) is 0. The van der Waals surface area contributed by atoms with Gasteiger partial charge < -0.3 is 9.30 Å². The first-order valence-electron chi connectivity index (χ1n) is 7.00. The summed E-state index contributed by atoms with van der Waals surface area (Å²) in [6.07, 6.45) is 3.66. The second kappa shape index (κ2) is 5.41. The Morgan fingerprint density at radius 2 is 2.26 bits per heavy atom. The molecule has 102 valence electrons. The monoisotopic (exact) mass is 278 g/mol. The van der Waals surface area contributed by atoms with E-state index in [1.54, 1.807) is 0 Å². The highest BCUT2D eigenvalue weighted by Gasteiger charge is 2.24. The number of alkyl halides is 1. The Bertz CT molecular complexity index is 575. The van der Waals surface area contributed by atoms with E-state index in [1.165, 1.54) is 12.8 Å². The fraction of sp³-hybridized carbons (Fsp3) is 0.533. The average Bonchev–Trinajstić information content (AvgIpc) is 3.18. The third-order valence-corrected chi connectivity index (χ3v) is 3.78. The molecule has 0 bridgehead atoms. The Labute approximate surface area is 118 Å². The van der Waals surface area contributed by atoms with E-state index in [2.05, 4.69) is 22.5 Å². The van der Waals surface area contributed by atoms with Gasteiger partial charge in [-0.1, -0.05) is 13.0 Å². The summed E-state index contributed by atoms with van der Waals surface area (Å²) in [4.78, 5) is 4.67. The van der Waals surface area contributed by atoms with E-state index in [4.69, 9.17) is 16.3 Å². The Hall–Kier alpha value is -1.22. The molecule has 2 aromatic rings. The van der Waals surface area contributed by atoms with Gasteiger partial charge in [-0.05, 0) is 37.3 Å². The number of nitrogens with zero attached hydrogens (tertiary/aromatic N) is 2. The van der Waals surface area contributed by atoms with Crippen molar-refractivity contribution in [1.29, 1.82) is 0 Å². The molecule has 19 heavy (non-hydrogen) atoms. The van der Waals surface area contributed by atoms with Gasteiger partial charge in [0.05, 0.1) is 18.0 Å². The van der Waals surface area contributed by atoms with Crippen LogP contribution in [-0.4, -0.2) is 16.2 Å². The summed E-state index contributed by atoms with van der Waals surface area (Å²) < 4.78 is 8.05. The molecule has 0 saturated heterocycles. The molecular formula is C15H19ClN2O. The van der Waals surface area contributed by atoms with E-state index in [-0.39, 0.29) is 0 Å². The molecule has 3 nitrogen and oxygen atoms in total. The highest BCUT2D eigenvalue weighted by atomic mass is 35.5. The van der Waals surface area contributed by atoms with Crippen molar-refractivity contribution in [3.8, 4) is 5.75 Å². The van der Waals surface area contributed by atoms with Gasteiger partial charge >= 0.3 is 0 Å². The van der Waals surface area contributed by atoms with E-state index in [0.29, 0.717) is 5.88 Å². The third kappa shape index (κ3) is 2.57. The number of aromatic nitrogens is 2. The van der Waals surface area contributed by atoms with Crippen molar-refractivity contribution in [1.82, 2.24) is 9.55 Å². The molecule has 1 saturated carbocycles. The lowest BCUT2D eigenvalue weighted by Gasteiger charge is -2.07. The van der Waals surface area contributed by atoms with Crippen molar-refractivity contribution < 1.29 is 4.74 Å². The first-order valence-corrected chi connectivity index (χ1v) is 7.53. The van der Waals surface area contributed by atoms with Crippen molar-refractivity contribution in [3.63, 3.8) is 0 Å². The van der Waals surface area contributed by atoms with Gasteiger partial charge in [0, 0.05) is 6.54 Å². The van der Waals surface area contributed by atoms with Gasteiger partial charge in [0.25, 0.3) is 0 Å². The van der Waals surface area contributed by atoms with E-state index in [0.717, 1.165) is 48.1 Å². The predicted molar refractivity (Wildman–Crippen MR) is 77.8 cm³/mol. The predicted octanol–water partition coefficient (Wildman–Crippen LogP) is 3.97. The minimum atomic E-state index is 0.453. The maximum Gasteiger partial charge on any atom is 0.147 e. The first-order chi connectivity index (χ1) is 9.33. The number of benzene rings is 1. The quantitative estimate of drug-likeness (QED) is 0.748. The summed E-state index contributed by atoms with van der Waals surface area (Å²) in [5.74, 6) is 3.09. The van der Waals surface area contributed by atoms with Crippen LogP contribution in [-0.2, 0) is 12.4 Å². The number of para-hydroxylation sites is 1. The van der Waals surface area contributed by atoms with Crippen molar-refractivity contribution in [2.75, 3.05) is 6.61 Å². The zero-order chi connectivity index (χ0) is 13.2. The van der Waals surface area contributed by atoms with Crippen LogP contribution in [0.4, 0.5) is 0 Å². The molecule has 3 rings (SSSR count). The Kier molecular flexibility index (Phi) is 3.65. The smallest absolute Gasteiger partial charge is 0.147 e. The number of halogens is 1. The van der Waals surface area contributed by atoms with Crippen molar-refractivity contribution in [2.24, 2.45) is 5.92 Å². The van der Waals surface area contributed by atoms with Gasteiger partial charge in [-0.3, -0.25) is 0 Å². The van der Waals surface area contributed by atoms with Crippen LogP contribution in [0.2, 0.25) is 0 Å². The zero-order valence-corrected chi connectivity index (χ0v) is 12.0. The second-order valence-corrected chi connectivity index (χ2v) is 5.46. The van der Waals surface area contributed by atoms with Gasteiger partial charge in [-0.25, -0.2) is 4.98 Å². The van der Waals surface area contributed by atoms with E-state index < -0.39 is 0 Å². The minimum Gasteiger partial charge on any atom is -0.491 e. The van der Waals surface area contributed by atoms with Gasteiger partial charge in [0.15, 0.2) is 0 Å². The molecule has 4 heteroatoms. The fourth-order valence-electron chi connectivity index (χ4n) is 2.36. The van der Waals surface area contributed by atoms with Crippen LogP contribution in [0.1, 0.15) is 32.0 Å². The normalized spacial score (nSPS) is 15.1. The van der Waals surface area contributed by atoms with E-state index in [1.807, 2.05) is 12.1 Å². The number of imidazole rings is 1. The fourth-order valence-corrected chi connectivity index (χ4v) is 2.57. The van der Waals surface area contributed by atoms with Crippen LogP contribution in [0.15, 0.2) is 18.2 Å². The van der Waals surface area contributed by atoms with E-state index >= 15 is 0 Å². The van der Waals surface area contributed by atoms with Crippen molar-refractivity contribution in [3.05, 3.63) is 24.0 Å². The van der Waals surface area contributed by atoms with Crippen LogP contribution in [0.3, 0.4) is 0 Å². The summed E-state index contributed by atoms with van der Waals surface area (Å²) in [5, 5.41) is 0. The minimum absolute atomic E-state index is 0.453. The lowest BCUT2D eigenvalue weighted by atomic mass is 10.3. The molecular weight excluding hydrogens is 260 g/mol. The largest absolute Gasteiger partial charge is 0.491 e. The summed E-state index contributed by atoms with van der Waals surface area (Å²) >= 11 is 6.04. The Balaban J connectivity index is 2.02. The average molecular weight is 279 g/mol. The van der Waals surface area contributed by atoms with Crippen LogP contribution < -0.4 is 4.74 Å². The standard InChI is InChI=1S/C15H19ClN2O/c1-2-8-19-13-5-3-4-12-15(13)17-14(9-16)18(12)10-11-6-7-11/h3-5,11H,2,6-10H2,1H3. The number of fused-ring (bicyclic) bond motifs is 1. The molecule has 0 unspecified atom stereocenters. The second-order valence-electron chi connectivity index (χ2n) is 5.19. The summed E-state index contributed by atoms with van der Waals surface area (Å²) in [6.45, 7) is 3.87. The molecule has 1 aliphatic carbocycles. The number of rotatable bonds is 6. The zero-order valence-electron chi connectivity index (χ0n) is 11.2. The molecule has 0 atom stereocenters. The lowest BCUT2D eigenvalue weighted by molar-refractivity contribution is 0.320. The molecule has 1 heterocycles. The molecule has 0 N–H and O–H groups in total. The molecule has 0 spiro atoms. The third-order valence-electron chi connectivity index (χ3n) is 3.54. The van der Waals surface area contributed by atoms with Gasteiger partial charge in [0.2, 0.25) is 0 Å². The molecule has 0 radical (unpaired) electrons. The summed E-state index contributed by atoms with van der Waals surface area (Å²) in [6, 6.07) is 6.14. The maximum atomic E-state index is 6.04. The van der Waals surface area contributed by atoms with Crippen LogP contribution >= 0.6 is 11.6 Å². The molecule has 1 aliphatic rings. The summed E-state index contributed by atoms with van der Waals surface area (Å²) in [5.41, 5.74) is 2.10. The lowest BCUT2D eigenvalue weighted by Crippen LogP contribution is -2.03.